The van der Waals surface area contributed by atoms with E-state index >= 15 is 0 Å². The van der Waals surface area contributed by atoms with Gasteiger partial charge < -0.3 is 4.74 Å². The minimum absolute atomic E-state index is 0.319. The van der Waals surface area contributed by atoms with Gasteiger partial charge in [-0.15, -0.1) is 0 Å². The lowest BCUT2D eigenvalue weighted by molar-refractivity contribution is -0.123. The van der Waals surface area contributed by atoms with Gasteiger partial charge in [0, 0.05) is 18.9 Å². The minimum atomic E-state index is 0.319. The molecule has 100 valence electrons. The van der Waals surface area contributed by atoms with Crippen LogP contribution in [0.2, 0.25) is 0 Å². The molecule has 0 bridgehead atoms. The highest BCUT2D eigenvalue weighted by atomic mass is 16.5. The second-order valence-electron chi connectivity index (χ2n) is 5.24. The van der Waals surface area contributed by atoms with Crippen LogP contribution in [0, 0.1) is 5.92 Å². The number of ketones is 1. The largest absolute Gasteiger partial charge is 0.378 e. The number of unbranched alkanes of at least 4 members (excludes halogenated alkanes) is 1. The fourth-order valence-corrected chi connectivity index (χ4v) is 2.62. The molecule has 0 radical (unpaired) electrons. The zero-order valence-corrected chi connectivity index (χ0v) is 11.5. The Bertz CT molecular complexity index is 207. The van der Waals surface area contributed by atoms with E-state index in [0.717, 1.165) is 38.7 Å². The van der Waals surface area contributed by atoms with E-state index in [2.05, 4.69) is 13.8 Å². The van der Waals surface area contributed by atoms with Gasteiger partial charge in [0.15, 0.2) is 0 Å². The molecular weight excluding hydrogens is 212 g/mol. The number of hydrogen-bond acceptors (Lipinski definition) is 2. The topological polar surface area (TPSA) is 26.3 Å². The molecular formula is C15H28O2. The Kier molecular flexibility index (Phi) is 7.50. The van der Waals surface area contributed by atoms with Gasteiger partial charge in [-0.2, -0.15) is 0 Å². The van der Waals surface area contributed by atoms with E-state index in [9.17, 15) is 4.79 Å². The highest BCUT2D eigenvalue weighted by Crippen LogP contribution is 2.20. The first-order valence-corrected chi connectivity index (χ1v) is 7.42. The SMILES string of the molecule is CCCCC(CC)C(=O)CCCC1CCCO1. The van der Waals surface area contributed by atoms with E-state index in [0.29, 0.717) is 17.8 Å². The van der Waals surface area contributed by atoms with Crippen LogP contribution in [-0.2, 0) is 9.53 Å². The molecule has 1 fully saturated rings. The monoisotopic (exact) mass is 240 g/mol. The molecule has 1 rings (SSSR count). The van der Waals surface area contributed by atoms with Gasteiger partial charge >= 0.3 is 0 Å². The number of rotatable bonds is 9. The van der Waals surface area contributed by atoms with E-state index in [1.807, 2.05) is 0 Å². The van der Waals surface area contributed by atoms with E-state index in [4.69, 9.17) is 4.74 Å². The normalized spacial score (nSPS) is 21.6. The van der Waals surface area contributed by atoms with Gasteiger partial charge in [-0.3, -0.25) is 4.79 Å². The number of carbonyl (C=O) groups is 1. The molecule has 0 aliphatic carbocycles. The molecule has 0 N–H and O–H groups in total. The average molecular weight is 240 g/mol. The predicted molar refractivity (Wildman–Crippen MR) is 71.1 cm³/mol. The van der Waals surface area contributed by atoms with Gasteiger partial charge in [0.25, 0.3) is 0 Å². The van der Waals surface area contributed by atoms with Crippen molar-refractivity contribution in [3.63, 3.8) is 0 Å². The number of Topliss-reactive ketones (excluding diaryl/α,β-unsaturated/α-hetero) is 1. The van der Waals surface area contributed by atoms with E-state index < -0.39 is 0 Å². The summed E-state index contributed by atoms with van der Waals surface area (Å²) in [4.78, 5) is 12.0. The summed E-state index contributed by atoms with van der Waals surface area (Å²) in [6.07, 6.45) is 10.2. The predicted octanol–water partition coefficient (Wildman–Crippen LogP) is 4.12. The molecule has 0 aromatic rings. The summed E-state index contributed by atoms with van der Waals surface area (Å²) >= 11 is 0. The van der Waals surface area contributed by atoms with Crippen LogP contribution in [0.4, 0.5) is 0 Å². The molecule has 1 aliphatic heterocycles. The lowest BCUT2D eigenvalue weighted by Gasteiger charge is -2.14. The Morgan fingerprint density at radius 2 is 2.18 bits per heavy atom. The van der Waals surface area contributed by atoms with Gasteiger partial charge in [0.05, 0.1) is 6.10 Å². The Morgan fingerprint density at radius 1 is 1.35 bits per heavy atom. The highest BCUT2D eigenvalue weighted by Gasteiger charge is 2.18. The van der Waals surface area contributed by atoms with Crippen LogP contribution in [0.1, 0.15) is 71.6 Å². The quantitative estimate of drug-likeness (QED) is 0.606. The van der Waals surface area contributed by atoms with Crippen LogP contribution in [-0.4, -0.2) is 18.5 Å². The van der Waals surface area contributed by atoms with Crippen molar-refractivity contribution in [2.24, 2.45) is 5.92 Å². The van der Waals surface area contributed by atoms with Gasteiger partial charge in [0.1, 0.15) is 5.78 Å². The lowest BCUT2D eigenvalue weighted by Crippen LogP contribution is -2.14. The molecule has 0 aromatic carbocycles. The Morgan fingerprint density at radius 3 is 2.76 bits per heavy atom. The van der Waals surface area contributed by atoms with Gasteiger partial charge in [-0.25, -0.2) is 0 Å². The summed E-state index contributed by atoms with van der Waals surface area (Å²) in [6.45, 7) is 5.25. The molecule has 0 saturated carbocycles. The van der Waals surface area contributed by atoms with Crippen LogP contribution in [0.5, 0.6) is 0 Å². The highest BCUT2D eigenvalue weighted by molar-refractivity contribution is 5.80. The van der Waals surface area contributed by atoms with E-state index in [-0.39, 0.29) is 0 Å². The Hall–Kier alpha value is -0.370. The lowest BCUT2D eigenvalue weighted by atomic mass is 9.91. The molecule has 2 unspecified atom stereocenters. The maximum Gasteiger partial charge on any atom is 0.135 e. The number of ether oxygens (including phenoxy) is 1. The zero-order valence-electron chi connectivity index (χ0n) is 11.5. The fourth-order valence-electron chi connectivity index (χ4n) is 2.62. The zero-order chi connectivity index (χ0) is 12.5. The van der Waals surface area contributed by atoms with Crippen molar-refractivity contribution in [1.29, 1.82) is 0 Å². The summed E-state index contributed by atoms with van der Waals surface area (Å²) in [5, 5.41) is 0. The standard InChI is InChI=1S/C15H28O2/c1-3-5-8-13(4-2)15(16)11-6-9-14-10-7-12-17-14/h13-14H,3-12H2,1-2H3. The van der Waals surface area contributed by atoms with Crippen molar-refractivity contribution in [3.05, 3.63) is 0 Å². The molecule has 2 heteroatoms. The Balaban J connectivity index is 2.12. The summed E-state index contributed by atoms with van der Waals surface area (Å²) in [7, 11) is 0. The van der Waals surface area contributed by atoms with E-state index in [1.54, 1.807) is 0 Å². The molecule has 0 spiro atoms. The molecule has 1 heterocycles. The number of hydrogen-bond donors (Lipinski definition) is 0. The maximum absolute atomic E-state index is 12.0. The molecule has 0 aromatic heterocycles. The van der Waals surface area contributed by atoms with Crippen molar-refractivity contribution >= 4 is 5.78 Å². The first-order chi connectivity index (χ1) is 8.27. The first-order valence-electron chi connectivity index (χ1n) is 7.42. The molecule has 2 atom stereocenters. The van der Waals surface area contributed by atoms with Crippen LogP contribution >= 0.6 is 0 Å². The van der Waals surface area contributed by atoms with E-state index in [1.165, 1.54) is 25.7 Å². The molecule has 1 aliphatic rings. The van der Waals surface area contributed by atoms with Crippen molar-refractivity contribution in [1.82, 2.24) is 0 Å². The van der Waals surface area contributed by atoms with Gasteiger partial charge in [-0.1, -0.05) is 26.7 Å². The summed E-state index contributed by atoms with van der Waals surface area (Å²) in [5.74, 6) is 0.804. The number of carbonyl (C=O) groups excluding carboxylic acids is 1. The molecule has 1 saturated heterocycles. The third kappa shape index (κ3) is 5.67. The van der Waals surface area contributed by atoms with Gasteiger partial charge in [-0.05, 0) is 38.5 Å². The second kappa shape index (κ2) is 8.68. The van der Waals surface area contributed by atoms with Crippen LogP contribution in [0.3, 0.4) is 0 Å². The summed E-state index contributed by atoms with van der Waals surface area (Å²) in [5.41, 5.74) is 0. The van der Waals surface area contributed by atoms with Crippen LogP contribution < -0.4 is 0 Å². The third-order valence-electron chi connectivity index (χ3n) is 3.83. The second-order valence-corrected chi connectivity index (χ2v) is 5.24. The van der Waals surface area contributed by atoms with Crippen LogP contribution in [0.15, 0.2) is 0 Å². The fraction of sp³-hybridized carbons (Fsp3) is 0.933. The molecule has 2 nitrogen and oxygen atoms in total. The van der Waals surface area contributed by atoms with Crippen molar-refractivity contribution in [3.8, 4) is 0 Å². The van der Waals surface area contributed by atoms with Crippen molar-refractivity contribution in [2.75, 3.05) is 6.61 Å². The minimum Gasteiger partial charge on any atom is -0.378 e. The maximum atomic E-state index is 12.0. The smallest absolute Gasteiger partial charge is 0.135 e. The molecule has 0 amide bonds. The summed E-state index contributed by atoms with van der Waals surface area (Å²) < 4.78 is 5.58. The summed E-state index contributed by atoms with van der Waals surface area (Å²) in [6, 6.07) is 0. The first kappa shape index (κ1) is 14.7. The van der Waals surface area contributed by atoms with Crippen LogP contribution in [0.25, 0.3) is 0 Å². The third-order valence-corrected chi connectivity index (χ3v) is 3.83. The Labute approximate surface area is 106 Å². The van der Waals surface area contributed by atoms with Gasteiger partial charge in [0.2, 0.25) is 0 Å². The average Bonchev–Trinajstić information content (AvgIpc) is 2.83. The van der Waals surface area contributed by atoms with Crippen molar-refractivity contribution in [2.45, 2.75) is 77.7 Å². The van der Waals surface area contributed by atoms with Crippen molar-refractivity contribution < 1.29 is 9.53 Å². The molecule has 17 heavy (non-hydrogen) atoms.